The molecule has 29 heavy (non-hydrogen) atoms. The highest BCUT2D eigenvalue weighted by Gasteiger charge is 2.26. The number of nitrogens with zero attached hydrogens (tertiary/aromatic N) is 6. The van der Waals surface area contributed by atoms with Crippen molar-refractivity contribution in [2.45, 2.75) is 25.8 Å². The molecule has 0 N–H and O–H groups in total. The van der Waals surface area contributed by atoms with Gasteiger partial charge in [-0.2, -0.15) is 5.26 Å². The number of carbonyl (C=O) groups excluding carboxylic acids is 1. The highest BCUT2D eigenvalue weighted by molar-refractivity contribution is 8.00. The van der Waals surface area contributed by atoms with E-state index < -0.39 is 0 Å². The lowest BCUT2D eigenvalue weighted by atomic mass is 10.2. The fourth-order valence-electron chi connectivity index (χ4n) is 3.34. The minimum absolute atomic E-state index is 0.0836. The van der Waals surface area contributed by atoms with Crippen LogP contribution in [0.4, 0.5) is 5.88 Å². The zero-order chi connectivity index (χ0) is 20.5. The molecule has 0 bridgehead atoms. The van der Waals surface area contributed by atoms with Crippen molar-refractivity contribution in [2.24, 2.45) is 0 Å². The number of anilines is 1. The molecule has 3 aromatic rings. The quantitative estimate of drug-likeness (QED) is 0.462. The monoisotopic (exact) mass is 428 g/mol. The van der Waals surface area contributed by atoms with E-state index in [0.29, 0.717) is 49.4 Å². The normalized spacial score (nSPS) is 14.4. The Kier molecular flexibility index (Phi) is 5.43. The number of hydrogen-bond acceptors (Lipinski definition) is 9. The minimum Gasteiger partial charge on any atom is -0.424 e. The van der Waals surface area contributed by atoms with Crippen molar-refractivity contribution in [1.82, 2.24) is 19.9 Å². The number of aromatic nitrogens is 3. The van der Waals surface area contributed by atoms with Crippen LogP contribution in [0.3, 0.4) is 0 Å². The molecule has 4 heterocycles. The van der Waals surface area contributed by atoms with Gasteiger partial charge in [0.1, 0.15) is 22.3 Å². The van der Waals surface area contributed by atoms with E-state index in [9.17, 15) is 10.1 Å². The van der Waals surface area contributed by atoms with Gasteiger partial charge < -0.3 is 14.2 Å². The second-order valence-corrected chi connectivity index (χ2v) is 8.96. The number of amides is 1. The Hall–Kier alpha value is -2.64. The summed E-state index contributed by atoms with van der Waals surface area (Å²) in [6, 6.07) is 2.07. The molecule has 0 aromatic carbocycles. The van der Waals surface area contributed by atoms with E-state index in [1.807, 2.05) is 9.80 Å². The average Bonchev–Trinajstić information content (AvgIpc) is 3.25. The van der Waals surface area contributed by atoms with Gasteiger partial charge in [-0.3, -0.25) is 4.79 Å². The lowest BCUT2D eigenvalue weighted by Crippen LogP contribution is -2.49. The largest absolute Gasteiger partial charge is 0.424 e. The first-order chi connectivity index (χ1) is 14.0. The maximum Gasteiger partial charge on any atom is 0.234 e. The van der Waals surface area contributed by atoms with Gasteiger partial charge in [0.05, 0.1) is 5.75 Å². The zero-order valence-corrected chi connectivity index (χ0v) is 18.1. The lowest BCUT2D eigenvalue weighted by molar-refractivity contribution is -0.128. The molecule has 3 aromatic heterocycles. The van der Waals surface area contributed by atoms with Crippen LogP contribution in [0.15, 0.2) is 15.8 Å². The molecule has 150 valence electrons. The van der Waals surface area contributed by atoms with Crippen LogP contribution in [0.1, 0.15) is 22.0 Å². The van der Waals surface area contributed by atoms with Crippen molar-refractivity contribution >= 4 is 45.1 Å². The van der Waals surface area contributed by atoms with E-state index in [0.717, 1.165) is 15.2 Å². The van der Waals surface area contributed by atoms with Crippen LogP contribution < -0.4 is 4.90 Å². The smallest absolute Gasteiger partial charge is 0.234 e. The molecule has 1 aliphatic heterocycles. The van der Waals surface area contributed by atoms with E-state index >= 15 is 0 Å². The topological polar surface area (TPSA) is 99.2 Å². The molecule has 4 rings (SSSR count). The summed E-state index contributed by atoms with van der Waals surface area (Å²) in [4.78, 5) is 31.6. The number of fused-ring (bicyclic) bond motifs is 1. The summed E-state index contributed by atoms with van der Waals surface area (Å²) in [5.74, 6) is 1.39. The van der Waals surface area contributed by atoms with Crippen LogP contribution in [-0.2, 0) is 4.79 Å². The van der Waals surface area contributed by atoms with Crippen LogP contribution in [0.5, 0.6) is 0 Å². The van der Waals surface area contributed by atoms with Gasteiger partial charge in [0.15, 0.2) is 5.89 Å². The highest BCUT2D eigenvalue weighted by atomic mass is 32.2. The SMILES string of the molecule is Cc1nc(C#N)c(N2CCN(C(=O)CSc3ncnc4sc(C)c(C)c34)CC2)o1. The number of thioether (sulfide) groups is 1. The summed E-state index contributed by atoms with van der Waals surface area (Å²) < 4.78 is 5.57. The third-order valence-corrected chi connectivity index (χ3v) is 7.09. The van der Waals surface area contributed by atoms with Crippen molar-refractivity contribution in [1.29, 1.82) is 5.26 Å². The van der Waals surface area contributed by atoms with Gasteiger partial charge in [0.25, 0.3) is 0 Å². The molecule has 1 fully saturated rings. The maximum atomic E-state index is 12.7. The number of hydrogen-bond donors (Lipinski definition) is 0. The van der Waals surface area contributed by atoms with Crippen molar-refractivity contribution in [2.75, 3.05) is 36.8 Å². The summed E-state index contributed by atoms with van der Waals surface area (Å²) in [6.07, 6.45) is 1.56. The molecule has 0 spiro atoms. The maximum absolute atomic E-state index is 12.7. The Morgan fingerprint density at radius 3 is 2.76 bits per heavy atom. The van der Waals surface area contributed by atoms with Gasteiger partial charge in [-0.1, -0.05) is 11.8 Å². The molecule has 10 heteroatoms. The number of rotatable bonds is 4. The molecule has 8 nitrogen and oxygen atoms in total. The fraction of sp³-hybridized carbons (Fsp3) is 0.421. The Bertz CT molecular complexity index is 1110. The van der Waals surface area contributed by atoms with Gasteiger partial charge in [0, 0.05) is 43.4 Å². The molecule has 1 amide bonds. The van der Waals surface area contributed by atoms with Crippen LogP contribution in [0.25, 0.3) is 10.2 Å². The predicted octanol–water partition coefficient (Wildman–Crippen LogP) is 2.92. The van der Waals surface area contributed by atoms with Crippen molar-refractivity contribution < 1.29 is 9.21 Å². The van der Waals surface area contributed by atoms with Gasteiger partial charge >= 0.3 is 0 Å². The number of oxazole rings is 1. The first-order valence-corrected chi connectivity index (χ1v) is 11.0. The minimum atomic E-state index is 0.0836. The zero-order valence-electron chi connectivity index (χ0n) is 16.4. The van der Waals surface area contributed by atoms with Crippen molar-refractivity contribution in [3.8, 4) is 6.07 Å². The van der Waals surface area contributed by atoms with E-state index in [1.165, 1.54) is 22.2 Å². The van der Waals surface area contributed by atoms with Crippen LogP contribution >= 0.6 is 23.1 Å². The van der Waals surface area contributed by atoms with E-state index in [-0.39, 0.29) is 5.91 Å². The molecule has 0 radical (unpaired) electrons. The molecule has 0 aliphatic carbocycles. The Balaban J connectivity index is 1.38. The summed E-state index contributed by atoms with van der Waals surface area (Å²) >= 11 is 3.12. The van der Waals surface area contributed by atoms with Crippen LogP contribution in [-0.4, -0.2) is 57.7 Å². The van der Waals surface area contributed by atoms with Gasteiger partial charge in [-0.15, -0.1) is 11.3 Å². The third-order valence-electron chi connectivity index (χ3n) is 5.00. The molecular formula is C19H20N6O2S2. The molecule has 0 saturated carbocycles. The number of thiophene rings is 1. The predicted molar refractivity (Wildman–Crippen MR) is 112 cm³/mol. The highest BCUT2D eigenvalue weighted by Crippen LogP contribution is 2.34. The number of nitriles is 1. The first-order valence-electron chi connectivity index (χ1n) is 9.21. The average molecular weight is 429 g/mol. The van der Waals surface area contributed by atoms with E-state index in [1.54, 1.807) is 24.6 Å². The number of piperazine rings is 1. The van der Waals surface area contributed by atoms with Crippen LogP contribution in [0.2, 0.25) is 0 Å². The summed E-state index contributed by atoms with van der Waals surface area (Å²) in [6.45, 7) is 8.26. The standard InChI is InChI=1S/C19H20N6O2S2/c1-11-12(2)29-18-16(11)17(21-10-22-18)28-9-15(26)24-4-6-25(7-5-24)19-14(8-20)23-13(3)27-19/h10H,4-7,9H2,1-3H3. The number of aryl methyl sites for hydroxylation is 3. The van der Waals surface area contributed by atoms with E-state index in [2.05, 4.69) is 34.9 Å². The molecule has 0 atom stereocenters. The van der Waals surface area contributed by atoms with Gasteiger partial charge in [-0.05, 0) is 19.4 Å². The third kappa shape index (κ3) is 3.80. The van der Waals surface area contributed by atoms with Crippen LogP contribution in [0, 0.1) is 32.1 Å². The summed E-state index contributed by atoms with van der Waals surface area (Å²) in [5.41, 5.74) is 1.48. The van der Waals surface area contributed by atoms with Gasteiger partial charge in [0.2, 0.25) is 17.5 Å². The second-order valence-electron chi connectivity index (χ2n) is 6.80. The summed E-state index contributed by atoms with van der Waals surface area (Å²) in [5, 5.41) is 11.1. The van der Waals surface area contributed by atoms with Crippen molar-refractivity contribution in [3.63, 3.8) is 0 Å². The molecule has 1 saturated heterocycles. The second kappa shape index (κ2) is 8.00. The summed E-state index contributed by atoms with van der Waals surface area (Å²) in [7, 11) is 0. The Morgan fingerprint density at radius 2 is 2.03 bits per heavy atom. The number of carbonyl (C=O) groups is 1. The molecular weight excluding hydrogens is 408 g/mol. The molecule has 0 unspecified atom stereocenters. The van der Waals surface area contributed by atoms with Gasteiger partial charge in [-0.25, -0.2) is 15.0 Å². The fourth-order valence-corrected chi connectivity index (χ4v) is 5.36. The van der Waals surface area contributed by atoms with Crippen molar-refractivity contribution in [3.05, 3.63) is 28.4 Å². The van der Waals surface area contributed by atoms with E-state index in [4.69, 9.17) is 4.42 Å². The Morgan fingerprint density at radius 1 is 1.28 bits per heavy atom. The lowest BCUT2D eigenvalue weighted by Gasteiger charge is -2.34. The first kappa shape index (κ1) is 19.7. The molecule has 1 aliphatic rings. The Labute approximate surface area is 176 Å².